The first kappa shape index (κ1) is 12.4. The first-order valence-corrected chi connectivity index (χ1v) is 8.52. The lowest BCUT2D eigenvalue weighted by Crippen LogP contribution is -2.23. The molecule has 0 aliphatic heterocycles. The van der Waals surface area contributed by atoms with Crippen LogP contribution in [0.2, 0.25) is 24.7 Å². The predicted molar refractivity (Wildman–Crippen MR) is 63.9 cm³/mol. The summed E-state index contributed by atoms with van der Waals surface area (Å²) in [7, 11) is -2.04. The highest BCUT2D eigenvalue weighted by atomic mass is 35.5. The molecule has 0 fully saturated rings. The molecule has 0 aliphatic rings. The summed E-state index contributed by atoms with van der Waals surface area (Å²) < 4.78 is 25.8. The largest absolute Gasteiger partial charge is 0.270 e. The van der Waals surface area contributed by atoms with Crippen LogP contribution in [-0.2, 0) is 0 Å². The molecule has 0 bridgehead atoms. The second-order valence-corrected chi connectivity index (χ2v) is 9.83. The van der Waals surface area contributed by atoms with Crippen molar-refractivity contribution in [1.82, 2.24) is 0 Å². The lowest BCUT2D eigenvalue weighted by Gasteiger charge is -2.20. The van der Waals surface area contributed by atoms with Gasteiger partial charge in [-0.15, -0.1) is 0 Å². The van der Waals surface area contributed by atoms with Gasteiger partial charge in [0.2, 0.25) is 0 Å². The van der Waals surface area contributed by atoms with Crippen molar-refractivity contribution in [2.24, 2.45) is 0 Å². The van der Waals surface area contributed by atoms with Crippen LogP contribution in [0.4, 0.5) is 8.78 Å². The van der Waals surface area contributed by atoms with Gasteiger partial charge in [0, 0.05) is 10.2 Å². The van der Waals surface area contributed by atoms with Crippen molar-refractivity contribution in [3.8, 4) is 0 Å². The van der Waals surface area contributed by atoms with Crippen LogP contribution in [0.25, 0.3) is 5.20 Å². The molecule has 0 atom stereocenters. The van der Waals surface area contributed by atoms with E-state index in [1.807, 2.05) is 19.6 Å². The van der Waals surface area contributed by atoms with E-state index in [1.165, 1.54) is 0 Å². The Kier molecular flexibility index (Phi) is 3.68. The second-order valence-electron chi connectivity index (χ2n) is 4.40. The zero-order valence-corrected chi connectivity index (χ0v) is 10.7. The molecule has 0 radical (unpaired) electrons. The highest BCUT2D eigenvalue weighted by Gasteiger charge is 2.26. The van der Waals surface area contributed by atoms with Crippen LogP contribution in [0.3, 0.4) is 0 Å². The van der Waals surface area contributed by atoms with Crippen LogP contribution >= 0.6 is 11.6 Å². The van der Waals surface area contributed by atoms with Crippen LogP contribution in [0.15, 0.2) is 30.3 Å². The van der Waals surface area contributed by atoms with Crippen LogP contribution in [0.1, 0.15) is 5.56 Å². The summed E-state index contributed by atoms with van der Waals surface area (Å²) in [4.78, 5) is 0. The third-order valence-corrected chi connectivity index (χ3v) is 4.27. The molecule has 0 aromatic heterocycles. The average molecular weight is 247 g/mol. The van der Waals surface area contributed by atoms with Gasteiger partial charge < -0.3 is 0 Å². The summed E-state index contributed by atoms with van der Waals surface area (Å²) in [6, 6.07) is 6.65. The van der Waals surface area contributed by atoms with E-state index in [2.05, 4.69) is 0 Å². The predicted octanol–water partition coefficient (Wildman–Crippen LogP) is 4.83. The molecule has 1 rings (SSSR count). The van der Waals surface area contributed by atoms with Crippen molar-refractivity contribution < 1.29 is 8.78 Å². The Morgan fingerprint density at radius 3 is 2.20 bits per heavy atom. The van der Waals surface area contributed by atoms with Crippen molar-refractivity contribution in [3.63, 3.8) is 0 Å². The summed E-state index contributed by atoms with van der Waals surface area (Å²) in [5.74, 6) is 0. The maximum absolute atomic E-state index is 12.9. The molecule has 0 saturated carbocycles. The van der Waals surface area contributed by atoms with Gasteiger partial charge >= 0.3 is 0 Å². The van der Waals surface area contributed by atoms with E-state index in [0.717, 1.165) is 0 Å². The summed E-state index contributed by atoms with van der Waals surface area (Å²) in [5.41, 5.74) is 0.543. The van der Waals surface area contributed by atoms with E-state index in [-0.39, 0.29) is 5.20 Å². The number of hydrogen-bond acceptors (Lipinski definition) is 0. The third-order valence-electron chi connectivity index (χ3n) is 2.05. The number of halogens is 3. The van der Waals surface area contributed by atoms with Gasteiger partial charge in [-0.1, -0.05) is 43.4 Å². The second kappa shape index (κ2) is 4.45. The Morgan fingerprint density at radius 1 is 1.20 bits per heavy atom. The molecule has 0 N–H and O–H groups in total. The summed E-state index contributed by atoms with van der Waals surface area (Å²) >= 11 is 5.79. The average Bonchev–Trinajstić information content (AvgIpc) is 1.99. The van der Waals surface area contributed by atoms with Crippen LogP contribution in [0, 0.1) is 0 Å². The van der Waals surface area contributed by atoms with E-state index < -0.39 is 14.2 Å². The van der Waals surface area contributed by atoms with Gasteiger partial charge in [-0.2, -0.15) is 8.78 Å². The molecule has 0 amide bonds. The lowest BCUT2D eigenvalue weighted by atomic mass is 10.2. The molecule has 1 aromatic carbocycles. The fourth-order valence-corrected chi connectivity index (χ4v) is 3.25. The van der Waals surface area contributed by atoms with Gasteiger partial charge in [0.25, 0.3) is 6.08 Å². The zero-order valence-electron chi connectivity index (χ0n) is 8.94. The molecule has 82 valence electrons. The number of rotatable bonds is 2. The molecule has 0 saturated heterocycles. The normalized spacial score (nSPS) is 11.3. The van der Waals surface area contributed by atoms with Crippen LogP contribution in [0.5, 0.6) is 0 Å². The van der Waals surface area contributed by atoms with Crippen molar-refractivity contribution >= 4 is 24.9 Å². The van der Waals surface area contributed by atoms with Gasteiger partial charge in [-0.3, -0.25) is 0 Å². The van der Waals surface area contributed by atoms with Crippen LogP contribution in [-0.4, -0.2) is 8.07 Å². The summed E-state index contributed by atoms with van der Waals surface area (Å²) in [5, 5.41) is 0.675. The standard InChI is InChI=1S/C11H13ClF2Si/c1-15(2,3)10(11(13)14)8-5-4-6-9(12)7-8/h4-7H,1-3H3. The molecule has 15 heavy (non-hydrogen) atoms. The van der Waals surface area contributed by atoms with Gasteiger partial charge in [0.15, 0.2) is 0 Å². The molecule has 1 aromatic rings. The van der Waals surface area contributed by atoms with Crippen molar-refractivity contribution in [2.45, 2.75) is 19.6 Å². The minimum absolute atomic E-state index is 0.185. The van der Waals surface area contributed by atoms with Crippen molar-refractivity contribution in [2.75, 3.05) is 0 Å². The van der Waals surface area contributed by atoms with Gasteiger partial charge in [0.1, 0.15) is 0 Å². The van der Waals surface area contributed by atoms with Gasteiger partial charge in [-0.25, -0.2) is 0 Å². The van der Waals surface area contributed by atoms with E-state index in [1.54, 1.807) is 24.3 Å². The van der Waals surface area contributed by atoms with Gasteiger partial charge in [-0.05, 0) is 17.7 Å². The Labute approximate surface area is 94.6 Å². The Morgan fingerprint density at radius 2 is 1.80 bits per heavy atom. The smallest absolute Gasteiger partial charge is 0.174 e. The topological polar surface area (TPSA) is 0 Å². The third kappa shape index (κ3) is 3.14. The highest BCUT2D eigenvalue weighted by Crippen LogP contribution is 2.31. The fraction of sp³-hybridized carbons (Fsp3) is 0.273. The highest BCUT2D eigenvalue weighted by molar-refractivity contribution is 6.93. The molecular formula is C11H13ClF2Si. The Bertz CT molecular complexity index is 390. The zero-order chi connectivity index (χ0) is 11.6. The quantitative estimate of drug-likeness (QED) is 0.656. The maximum Gasteiger partial charge on any atom is 0.270 e. The molecule has 0 unspecified atom stereocenters. The minimum Gasteiger partial charge on any atom is -0.174 e. The van der Waals surface area contributed by atoms with E-state index in [9.17, 15) is 8.78 Å². The Balaban J connectivity index is 3.31. The monoisotopic (exact) mass is 246 g/mol. The van der Waals surface area contributed by atoms with Crippen LogP contribution < -0.4 is 0 Å². The van der Waals surface area contributed by atoms with Crippen molar-refractivity contribution in [1.29, 1.82) is 0 Å². The molecule has 0 aliphatic carbocycles. The van der Waals surface area contributed by atoms with E-state index >= 15 is 0 Å². The molecular weight excluding hydrogens is 234 g/mol. The van der Waals surface area contributed by atoms with E-state index in [4.69, 9.17) is 11.6 Å². The molecule has 4 heteroatoms. The first-order valence-electron chi connectivity index (χ1n) is 4.64. The number of hydrogen-bond donors (Lipinski definition) is 0. The fourth-order valence-electron chi connectivity index (χ4n) is 1.47. The first-order chi connectivity index (χ1) is 6.82. The van der Waals surface area contributed by atoms with E-state index in [0.29, 0.717) is 10.6 Å². The van der Waals surface area contributed by atoms with Crippen molar-refractivity contribution in [3.05, 3.63) is 40.9 Å². The summed E-state index contributed by atoms with van der Waals surface area (Å²) in [6.07, 6.45) is -1.59. The SMILES string of the molecule is C[Si](C)(C)C(=C(F)F)c1cccc(Cl)c1. The Hall–Kier alpha value is -0.673. The minimum atomic E-state index is -2.04. The molecule has 0 spiro atoms. The lowest BCUT2D eigenvalue weighted by molar-refractivity contribution is 0.427. The maximum atomic E-state index is 12.9. The van der Waals surface area contributed by atoms with Gasteiger partial charge in [0.05, 0.1) is 8.07 Å². The molecule has 0 nitrogen and oxygen atoms in total. The summed E-state index contributed by atoms with van der Waals surface area (Å²) in [6.45, 7) is 5.67. The molecule has 0 heterocycles. The number of benzene rings is 1.